The minimum atomic E-state index is -0.206. The van der Waals surface area contributed by atoms with Crippen LogP contribution in [-0.4, -0.2) is 48.9 Å². The molecule has 1 fully saturated rings. The Morgan fingerprint density at radius 1 is 1.09 bits per heavy atom. The summed E-state index contributed by atoms with van der Waals surface area (Å²) in [7, 11) is 2.12. The summed E-state index contributed by atoms with van der Waals surface area (Å²) in [6, 6.07) is 3.47. The number of amidine groups is 1. The lowest BCUT2D eigenvalue weighted by Gasteiger charge is -2.35. The van der Waals surface area contributed by atoms with Crippen molar-refractivity contribution in [2.75, 3.05) is 33.2 Å². The molecule has 23 heavy (non-hydrogen) atoms. The van der Waals surface area contributed by atoms with Crippen LogP contribution < -0.4 is 0 Å². The molecule has 5 heteroatoms. The second kappa shape index (κ2) is 6.62. The first-order valence-corrected chi connectivity index (χ1v) is 8.50. The van der Waals surface area contributed by atoms with Crippen LogP contribution in [0, 0.1) is 12.7 Å². The smallest absolute Gasteiger partial charge is 0.148 e. The molecule has 0 bridgehead atoms. The van der Waals surface area contributed by atoms with E-state index in [2.05, 4.69) is 23.8 Å². The number of hydrogen-bond donors (Lipinski definition) is 0. The van der Waals surface area contributed by atoms with Crippen LogP contribution in [0.1, 0.15) is 24.5 Å². The number of likely N-dealkylation sites (N-methyl/N-ethyl adjacent to an activating group) is 1. The molecule has 0 saturated carbocycles. The van der Waals surface area contributed by atoms with E-state index in [9.17, 15) is 4.39 Å². The van der Waals surface area contributed by atoms with E-state index in [0.717, 1.165) is 61.0 Å². The summed E-state index contributed by atoms with van der Waals surface area (Å²) in [5.74, 6) is 0.587. The highest BCUT2D eigenvalue weighted by molar-refractivity contribution is 6.43. The fourth-order valence-corrected chi connectivity index (χ4v) is 3.31. The van der Waals surface area contributed by atoms with Gasteiger partial charge in [-0.05, 0) is 44.9 Å². The predicted octanol–water partition coefficient (Wildman–Crippen LogP) is 3.87. The molecular weight excluding hydrogens is 313 g/mol. The summed E-state index contributed by atoms with van der Waals surface area (Å²) in [6.45, 7) is 7.62. The van der Waals surface area contributed by atoms with Gasteiger partial charge in [-0.25, -0.2) is 9.38 Å². The summed E-state index contributed by atoms with van der Waals surface area (Å²) < 4.78 is 14.0. The van der Waals surface area contributed by atoms with Gasteiger partial charge in [0.15, 0.2) is 0 Å². The van der Waals surface area contributed by atoms with Gasteiger partial charge in [0.1, 0.15) is 11.7 Å². The molecule has 2 heterocycles. The predicted molar refractivity (Wildman–Crippen MR) is 94.2 cm³/mol. The molecule has 1 aromatic carbocycles. The minimum Gasteiger partial charge on any atom is -0.353 e. The van der Waals surface area contributed by atoms with E-state index in [1.807, 2.05) is 6.07 Å². The average molecular weight is 336 g/mol. The van der Waals surface area contributed by atoms with Crippen molar-refractivity contribution in [3.63, 3.8) is 0 Å². The van der Waals surface area contributed by atoms with Gasteiger partial charge >= 0.3 is 0 Å². The third-order valence-corrected chi connectivity index (χ3v) is 5.22. The van der Waals surface area contributed by atoms with Gasteiger partial charge in [0.25, 0.3) is 0 Å². The number of halogens is 2. The molecule has 0 aromatic heterocycles. The highest BCUT2D eigenvalue weighted by atomic mass is 35.5. The van der Waals surface area contributed by atoms with Gasteiger partial charge in [-0.15, -0.1) is 0 Å². The van der Waals surface area contributed by atoms with Crippen molar-refractivity contribution in [2.24, 2.45) is 4.99 Å². The van der Waals surface area contributed by atoms with Crippen LogP contribution in [0.5, 0.6) is 0 Å². The molecular formula is C18H23ClFN3. The summed E-state index contributed by atoms with van der Waals surface area (Å²) in [6.07, 6.45) is 1.72. The van der Waals surface area contributed by atoms with E-state index in [1.54, 1.807) is 13.0 Å². The summed E-state index contributed by atoms with van der Waals surface area (Å²) in [5.41, 5.74) is 3.64. The zero-order valence-electron chi connectivity index (χ0n) is 14.0. The lowest BCUT2D eigenvalue weighted by Crippen LogP contribution is -2.47. The topological polar surface area (TPSA) is 18.8 Å². The number of hydrogen-bond acceptors (Lipinski definition) is 3. The molecule has 3 rings (SSSR count). The Morgan fingerprint density at radius 3 is 2.48 bits per heavy atom. The van der Waals surface area contributed by atoms with E-state index in [-0.39, 0.29) is 5.82 Å². The van der Waals surface area contributed by atoms with Gasteiger partial charge in [0.05, 0.1) is 10.7 Å². The number of benzene rings is 1. The maximum Gasteiger partial charge on any atom is 0.148 e. The average Bonchev–Trinajstić information content (AvgIpc) is 2.53. The van der Waals surface area contributed by atoms with E-state index in [4.69, 9.17) is 16.6 Å². The van der Waals surface area contributed by atoms with Gasteiger partial charge < -0.3 is 9.80 Å². The number of aryl methyl sites for hydroxylation is 2. The largest absolute Gasteiger partial charge is 0.353 e. The fourth-order valence-electron chi connectivity index (χ4n) is 3.05. The van der Waals surface area contributed by atoms with E-state index in [1.165, 1.54) is 0 Å². The summed E-state index contributed by atoms with van der Waals surface area (Å²) in [5, 5.41) is 0.723. The van der Waals surface area contributed by atoms with Gasteiger partial charge in [-0.1, -0.05) is 23.2 Å². The molecule has 0 unspecified atom stereocenters. The van der Waals surface area contributed by atoms with Crippen LogP contribution in [-0.2, 0) is 6.42 Å². The lowest BCUT2D eigenvalue weighted by molar-refractivity contribution is 0.216. The van der Waals surface area contributed by atoms with Crippen molar-refractivity contribution in [1.82, 2.24) is 9.80 Å². The highest BCUT2D eigenvalue weighted by Gasteiger charge is 2.23. The number of aliphatic imine (C=N–C) groups is 1. The second-order valence-electron chi connectivity index (χ2n) is 6.55. The van der Waals surface area contributed by atoms with Crippen molar-refractivity contribution >= 4 is 23.1 Å². The zero-order chi connectivity index (χ0) is 16.6. The number of allylic oxidation sites excluding steroid dienone is 1. The molecule has 0 aliphatic carbocycles. The van der Waals surface area contributed by atoms with Gasteiger partial charge in [-0.2, -0.15) is 0 Å². The first kappa shape index (κ1) is 16.5. The number of nitrogens with zero attached hydrogens (tertiary/aromatic N) is 3. The zero-order valence-corrected chi connectivity index (χ0v) is 14.8. The summed E-state index contributed by atoms with van der Waals surface area (Å²) >= 11 is 6.62. The fraction of sp³-hybridized carbons (Fsp3) is 0.500. The van der Waals surface area contributed by atoms with Crippen LogP contribution in [0.15, 0.2) is 27.7 Å². The number of piperazine rings is 1. The molecule has 1 saturated heterocycles. The third-order valence-electron chi connectivity index (χ3n) is 4.73. The van der Waals surface area contributed by atoms with Gasteiger partial charge in [0, 0.05) is 32.2 Å². The Bertz CT molecular complexity index is 673. The van der Waals surface area contributed by atoms with Gasteiger partial charge in [-0.3, -0.25) is 0 Å². The van der Waals surface area contributed by atoms with Crippen molar-refractivity contribution in [3.05, 3.63) is 39.7 Å². The van der Waals surface area contributed by atoms with Crippen LogP contribution >= 0.6 is 11.6 Å². The third kappa shape index (κ3) is 3.43. The van der Waals surface area contributed by atoms with Crippen LogP contribution in [0.4, 0.5) is 10.1 Å². The molecule has 0 N–H and O–H groups in total. The standard InChI is InChI=1S/C18H23ClFN3/c1-12-4-5-14-10-13(2)15(20)11-16(14)21-18(17(12)19)23-8-6-22(3)7-9-23/h10-11H,4-9H2,1-3H3. The van der Waals surface area contributed by atoms with E-state index < -0.39 is 0 Å². The monoisotopic (exact) mass is 335 g/mol. The number of fused-ring (bicyclic) bond motifs is 1. The minimum absolute atomic E-state index is 0.206. The van der Waals surface area contributed by atoms with E-state index >= 15 is 0 Å². The molecule has 0 atom stereocenters. The first-order valence-electron chi connectivity index (χ1n) is 8.12. The highest BCUT2D eigenvalue weighted by Crippen LogP contribution is 2.31. The Kier molecular flexibility index (Phi) is 4.74. The Hall–Kier alpha value is -1.39. The van der Waals surface area contributed by atoms with Crippen molar-refractivity contribution in [2.45, 2.75) is 26.7 Å². The van der Waals surface area contributed by atoms with E-state index in [0.29, 0.717) is 11.3 Å². The molecule has 0 amide bonds. The molecule has 0 spiro atoms. The number of rotatable bonds is 0. The van der Waals surface area contributed by atoms with Gasteiger partial charge in [0.2, 0.25) is 0 Å². The van der Waals surface area contributed by atoms with Crippen LogP contribution in [0.2, 0.25) is 0 Å². The lowest BCUT2D eigenvalue weighted by atomic mass is 9.99. The summed E-state index contributed by atoms with van der Waals surface area (Å²) in [4.78, 5) is 9.29. The molecule has 124 valence electrons. The molecule has 3 nitrogen and oxygen atoms in total. The maximum atomic E-state index is 14.0. The molecule has 2 aliphatic heterocycles. The maximum absolute atomic E-state index is 14.0. The van der Waals surface area contributed by atoms with Crippen LogP contribution in [0.25, 0.3) is 0 Å². The van der Waals surface area contributed by atoms with Crippen LogP contribution in [0.3, 0.4) is 0 Å². The SMILES string of the molecule is CC1=C(Cl)C(N2CCN(C)CC2)=Nc2cc(F)c(C)cc2CC1. The molecule has 0 radical (unpaired) electrons. The second-order valence-corrected chi connectivity index (χ2v) is 6.93. The normalized spacial score (nSPS) is 20.0. The molecule has 2 aliphatic rings. The van der Waals surface area contributed by atoms with Crippen molar-refractivity contribution < 1.29 is 4.39 Å². The van der Waals surface area contributed by atoms with Crippen molar-refractivity contribution in [1.29, 1.82) is 0 Å². The molecule has 1 aromatic rings. The first-order chi connectivity index (χ1) is 11.0. The Balaban J connectivity index is 2.05. The Labute approximate surface area is 142 Å². The quantitative estimate of drug-likeness (QED) is 0.716. The van der Waals surface area contributed by atoms with Crippen molar-refractivity contribution in [3.8, 4) is 0 Å². The Morgan fingerprint density at radius 2 is 1.78 bits per heavy atom.